The number of hydrogen-bond donors (Lipinski definition) is 1. The minimum Gasteiger partial charge on any atom is -0.336 e. The van der Waals surface area contributed by atoms with Crippen LogP contribution in [-0.4, -0.2) is 60.9 Å². The van der Waals surface area contributed by atoms with E-state index in [4.69, 9.17) is 11.6 Å². The molecule has 2 aliphatic heterocycles. The standard InChI is InChI=1S/C11H13ClN4O3S/c12-9-1-2-13-6-10(9)20(18,19)15-3-4-16-8(7-15)5-14-11(16)17/h1-2,6,8H,3-5,7H2,(H,14,17). The van der Waals surface area contributed by atoms with Crippen LogP contribution in [0.25, 0.3) is 0 Å². The van der Waals surface area contributed by atoms with E-state index in [0.717, 1.165) is 0 Å². The molecule has 1 aromatic rings. The number of nitrogens with zero attached hydrogens (tertiary/aromatic N) is 3. The number of amides is 2. The predicted molar refractivity (Wildman–Crippen MR) is 71.9 cm³/mol. The van der Waals surface area contributed by atoms with E-state index in [1.807, 2.05) is 0 Å². The lowest BCUT2D eigenvalue weighted by atomic mass is 10.2. The molecule has 0 aliphatic carbocycles. The molecule has 0 saturated carbocycles. The van der Waals surface area contributed by atoms with Gasteiger partial charge in [0.2, 0.25) is 10.0 Å². The second-order valence-corrected chi connectivity index (χ2v) is 7.02. The summed E-state index contributed by atoms with van der Waals surface area (Å²) in [6.07, 6.45) is 2.70. The topological polar surface area (TPSA) is 82.6 Å². The molecule has 0 radical (unpaired) electrons. The number of hydrogen-bond acceptors (Lipinski definition) is 4. The van der Waals surface area contributed by atoms with Crippen LogP contribution in [0.2, 0.25) is 5.02 Å². The highest BCUT2D eigenvalue weighted by atomic mass is 35.5. The van der Waals surface area contributed by atoms with Crippen LogP contribution in [0.15, 0.2) is 23.4 Å². The first-order valence-corrected chi connectivity index (χ1v) is 7.96. The van der Waals surface area contributed by atoms with Crippen molar-refractivity contribution >= 4 is 27.7 Å². The average Bonchev–Trinajstić information content (AvgIpc) is 2.80. The van der Waals surface area contributed by atoms with Crippen LogP contribution < -0.4 is 5.32 Å². The molecule has 1 atom stereocenters. The number of aromatic nitrogens is 1. The van der Waals surface area contributed by atoms with Crippen LogP contribution >= 0.6 is 11.6 Å². The van der Waals surface area contributed by atoms with E-state index in [1.54, 1.807) is 4.90 Å². The lowest BCUT2D eigenvalue weighted by Crippen LogP contribution is -2.53. The molecule has 0 aromatic carbocycles. The summed E-state index contributed by atoms with van der Waals surface area (Å²) in [4.78, 5) is 17.0. The number of sulfonamides is 1. The van der Waals surface area contributed by atoms with Crippen molar-refractivity contribution < 1.29 is 13.2 Å². The molecule has 0 spiro atoms. The predicted octanol–water partition coefficient (Wildman–Crippen LogP) is 0.133. The van der Waals surface area contributed by atoms with Crippen LogP contribution in [-0.2, 0) is 10.0 Å². The summed E-state index contributed by atoms with van der Waals surface area (Å²) < 4.78 is 26.5. The molecule has 1 N–H and O–H groups in total. The zero-order valence-electron chi connectivity index (χ0n) is 10.5. The van der Waals surface area contributed by atoms with Gasteiger partial charge in [-0.15, -0.1) is 0 Å². The van der Waals surface area contributed by atoms with E-state index in [-0.39, 0.29) is 35.1 Å². The zero-order chi connectivity index (χ0) is 14.3. The Kier molecular flexibility index (Phi) is 3.31. The fourth-order valence-electron chi connectivity index (χ4n) is 2.49. The molecule has 7 nitrogen and oxygen atoms in total. The van der Waals surface area contributed by atoms with Gasteiger partial charge in [-0.1, -0.05) is 11.6 Å². The lowest BCUT2D eigenvalue weighted by Gasteiger charge is -2.35. The third-order valence-corrected chi connectivity index (χ3v) is 5.88. The van der Waals surface area contributed by atoms with E-state index in [1.165, 1.54) is 22.8 Å². The molecule has 2 amide bonds. The minimum absolute atomic E-state index is 0.00685. The molecule has 3 heterocycles. The van der Waals surface area contributed by atoms with E-state index >= 15 is 0 Å². The van der Waals surface area contributed by atoms with Gasteiger partial charge in [0.05, 0.1) is 11.1 Å². The molecule has 20 heavy (non-hydrogen) atoms. The van der Waals surface area contributed by atoms with Crippen molar-refractivity contribution in [2.24, 2.45) is 0 Å². The lowest BCUT2D eigenvalue weighted by molar-refractivity contribution is 0.164. The summed E-state index contributed by atoms with van der Waals surface area (Å²) in [5, 5.41) is 2.87. The molecule has 2 saturated heterocycles. The number of urea groups is 1. The second kappa shape index (κ2) is 4.87. The van der Waals surface area contributed by atoms with Gasteiger partial charge in [-0.25, -0.2) is 13.2 Å². The maximum atomic E-state index is 12.6. The van der Waals surface area contributed by atoms with Crippen molar-refractivity contribution in [3.05, 3.63) is 23.5 Å². The first kappa shape index (κ1) is 13.6. The van der Waals surface area contributed by atoms with Crippen molar-refractivity contribution in [3.63, 3.8) is 0 Å². The summed E-state index contributed by atoms with van der Waals surface area (Å²) >= 11 is 5.94. The third-order valence-electron chi connectivity index (χ3n) is 3.55. The quantitative estimate of drug-likeness (QED) is 0.841. The number of nitrogens with one attached hydrogen (secondary N) is 1. The molecule has 1 aromatic heterocycles. The van der Waals surface area contributed by atoms with Crippen molar-refractivity contribution in [3.8, 4) is 0 Å². The molecule has 0 bridgehead atoms. The Bertz CT molecular complexity index is 651. The summed E-state index contributed by atoms with van der Waals surface area (Å²) in [5.41, 5.74) is 0. The van der Waals surface area contributed by atoms with Gasteiger partial charge >= 0.3 is 6.03 Å². The normalized spacial score (nSPS) is 23.6. The van der Waals surface area contributed by atoms with Gasteiger partial charge in [0.15, 0.2) is 0 Å². The Labute approximate surface area is 121 Å². The largest absolute Gasteiger partial charge is 0.336 e. The fourth-order valence-corrected chi connectivity index (χ4v) is 4.36. The van der Waals surface area contributed by atoms with Crippen LogP contribution in [0.1, 0.15) is 0 Å². The molecular formula is C11H13ClN4O3S. The number of rotatable bonds is 2. The van der Waals surface area contributed by atoms with E-state index < -0.39 is 10.0 Å². The first-order chi connectivity index (χ1) is 9.50. The molecule has 2 aliphatic rings. The Morgan fingerprint density at radius 1 is 1.40 bits per heavy atom. The summed E-state index contributed by atoms with van der Waals surface area (Å²) in [6.45, 7) is 1.38. The second-order valence-electron chi connectivity index (χ2n) is 4.70. The maximum absolute atomic E-state index is 12.6. The maximum Gasteiger partial charge on any atom is 0.317 e. The summed E-state index contributed by atoms with van der Waals surface area (Å²) in [5.74, 6) is 0. The number of carbonyl (C=O) groups is 1. The van der Waals surface area contributed by atoms with Crippen LogP contribution in [0, 0.1) is 0 Å². The smallest absolute Gasteiger partial charge is 0.317 e. The molecule has 3 rings (SSSR count). The van der Waals surface area contributed by atoms with Gasteiger partial charge in [-0.05, 0) is 6.07 Å². The highest BCUT2D eigenvalue weighted by Crippen LogP contribution is 2.26. The van der Waals surface area contributed by atoms with Gasteiger partial charge in [0.25, 0.3) is 0 Å². The van der Waals surface area contributed by atoms with Gasteiger partial charge in [-0.3, -0.25) is 4.98 Å². The molecule has 2 fully saturated rings. The zero-order valence-corrected chi connectivity index (χ0v) is 12.1. The van der Waals surface area contributed by atoms with Crippen LogP contribution in [0.4, 0.5) is 4.79 Å². The minimum atomic E-state index is -3.68. The van der Waals surface area contributed by atoms with Crippen LogP contribution in [0.5, 0.6) is 0 Å². The number of halogens is 1. The molecule has 108 valence electrons. The Hall–Kier alpha value is -1.38. The monoisotopic (exact) mass is 316 g/mol. The van der Waals surface area contributed by atoms with E-state index in [9.17, 15) is 13.2 Å². The SMILES string of the molecule is O=C1NCC2CN(S(=O)(=O)c3cnccc3Cl)CCN12. The highest BCUT2D eigenvalue weighted by molar-refractivity contribution is 7.89. The van der Waals surface area contributed by atoms with E-state index in [0.29, 0.717) is 13.1 Å². The Balaban J connectivity index is 1.87. The number of carbonyl (C=O) groups excluding carboxylic acids is 1. The van der Waals surface area contributed by atoms with Gasteiger partial charge in [0, 0.05) is 38.6 Å². The van der Waals surface area contributed by atoms with Crippen molar-refractivity contribution in [1.29, 1.82) is 0 Å². The third kappa shape index (κ3) is 2.13. The number of pyridine rings is 1. The van der Waals surface area contributed by atoms with Crippen molar-refractivity contribution in [2.45, 2.75) is 10.9 Å². The van der Waals surface area contributed by atoms with Crippen molar-refractivity contribution in [1.82, 2.24) is 19.5 Å². The summed E-state index contributed by atoms with van der Waals surface area (Å²) in [6, 6.07) is 1.19. The van der Waals surface area contributed by atoms with Gasteiger partial charge in [0.1, 0.15) is 4.90 Å². The van der Waals surface area contributed by atoms with Crippen molar-refractivity contribution in [2.75, 3.05) is 26.2 Å². The molecular weight excluding hydrogens is 304 g/mol. The Morgan fingerprint density at radius 3 is 2.95 bits per heavy atom. The number of piperazine rings is 1. The molecule has 9 heteroatoms. The number of fused-ring (bicyclic) bond motifs is 1. The molecule has 1 unspecified atom stereocenters. The first-order valence-electron chi connectivity index (χ1n) is 6.14. The van der Waals surface area contributed by atoms with E-state index in [2.05, 4.69) is 10.3 Å². The fraction of sp³-hybridized carbons (Fsp3) is 0.455. The van der Waals surface area contributed by atoms with Gasteiger partial charge in [-0.2, -0.15) is 4.31 Å². The van der Waals surface area contributed by atoms with Gasteiger partial charge < -0.3 is 10.2 Å². The van der Waals surface area contributed by atoms with Crippen LogP contribution in [0.3, 0.4) is 0 Å². The highest BCUT2D eigenvalue weighted by Gasteiger charge is 2.40. The summed E-state index contributed by atoms with van der Waals surface area (Å²) in [7, 11) is -3.68. The average molecular weight is 317 g/mol. The Morgan fingerprint density at radius 2 is 2.20 bits per heavy atom.